The summed E-state index contributed by atoms with van der Waals surface area (Å²) < 4.78 is 1.80. The Morgan fingerprint density at radius 1 is 1.35 bits per heavy atom. The Balaban J connectivity index is 1.85. The van der Waals surface area contributed by atoms with Crippen LogP contribution in [0.1, 0.15) is 23.7 Å². The molecule has 6 heteroatoms. The van der Waals surface area contributed by atoms with Crippen molar-refractivity contribution >= 4 is 28.3 Å². The van der Waals surface area contributed by atoms with Crippen LogP contribution in [0, 0.1) is 0 Å². The monoisotopic (exact) mass is 329 g/mol. The molecule has 0 aliphatic carbocycles. The summed E-state index contributed by atoms with van der Waals surface area (Å²) in [5.74, 6) is 0.507. The summed E-state index contributed by atoms with van der Waals surface area (Å²) in [6.45, 7) is 2.42. The molecule has 1 N–H and O–H groups in total. The zero-order chi connectivity index (χ0) is 16.4. The highest BCUT2D eigenvalue weighted by Gasteiger charge is 2.18. The van der Waals surface area contributed by atoms with Gasteiger partial charge in [-0.2, -0.15) is 0 Å². The number of aliphatic hydroxyl groups is 1. The van der Waals surface area contributed by atoms with Gasteiger partial charge in [0.2, 0.25) is 5.91 Å². The van der Waals surface area contributed by atoms with E-state index in [0.717, 1.165) is 15.9 Å². The summed E-state index contributed by atoms with van der Waals surface area (Å²) in [6.07, 6.45) is -0.724. The molecule has 2 aromatic heterocycles. The molecule has 0 fully saturated rings. The van der Waals surface area contributed by atoms with Crippen LogP contribution in [0.3, 0.4) is 0 Å². The minimum atomic E-state index is -0.724. The topological polar surface area (TPSA) is 58.4 Å². The van der Waals surface area contributed by atoms with Crippen molar-refractivity contribution in [2.75, 3.05) is 7.05 Å². The van der Waals surface area contributed by atoms with E-state index in [1.165, 1.54) is 0 Å². The van der Waals surface area contributed by atoms with E-state index in [4.69, 9.17) is 0 Å². The van der Waals surface area contributed by atoms with Crippen molar-refractivity contribution in [3.63, 3.8) is 0 Å². The molecule has 2 heterocycles. The number of fused-ring (bicyclic) bond motifs is 1. The van der Waals surface area contributed by atoms with Gasteiger partial charge >= 0.3 is 0 Å². The lowest BCUT2D eigenvalue weighted by Crippen LogP contribution is -2.30. The number of likely N-dealkylation sites (N-methyl/N-ethyl adjacent to an activating group) is 1. The Morgan fingerprint density at radius 2 is 2.13 bits per heavy atom. The van der Waals surface area contributed by atoms with Crippen LogP contribution < -0.4 is 0 Å². The maximum atomic E-state index is 12.6. The molecule has 1 atom stereocenters. The fourth-order valence-electron chi connectivity index (χ4n) is 2.56. The first-order valence-corrected chi connectivity index (χ1v) is 8.34. The second kappa shape index (κ2) is 6.52. The second-order valence-electron chi connectivity index (χ2n) is 5.55. The van der Waals surface area contributed by atoms with Crippen molar-refractivity contribution in [2.24, 2.45) is 0 Å². The van der Waals surface area contributed by atoms with Crippen LogP contribution in [0.2, 0.25) is 0 Å². The number of carbonyl (C=O) groups excluding carboxylic acids is 1. The minimum Gasteiger partial charge on any atom is -0.385 e. The number of hydrogen-bond donors (Lipinski definition) is 1. The lowest BCUT2D eigenvalue weighted by atomic mass is 10.3. The molecule has 0 unspecified atom stereocenters. The van der Waals surface area contributed by atoms with Crippen molar-refractivity contribution in [3.05, 3.63) is 52.5 Å². The minimum absolute atomic E-state index is 0.0107. The highest BCUT2D eigenvalue weighted by Crippen LogP contribution is 2.21. The normalized spacial score (nSPS) is 12.5. The number of rotatable bonds is 5. The molecule has 23 heavy (non-hydrogen) atoms. The van der Waals surface area contributed by atoms with Gasteiger partial charge in [0.15, 0.2) is 0 Å². The SMILES string of the molecule is C[C@@H](O)c1nc2ccccc2n1CC(=O)N(C)Cc1cccs1. The van der Waals surface area contributed by atoms with Crippen molar-refractivity contribution in [2.45, 2.75) is 26.1 Å². The Kier molecular flexibility index (Phi) is 4.45. The van der Waals surface area contributed by atoms with Gasteiger partial charge in [0, 0.05) is 11.9 Å². The molecule has 1 aromatic carbocycles. The summed E-state index contributed by atoms with van der Waals surface area (Å²) in [5, 5.41) is 12.0. The summed E-state index contributed by atoms with van der Waals surface area (Å²) in [5.41, 5.74) is 1.65. The van der Waals surface area contributed by atoms with E-state index in [0.29, 0.717) is 12.4 Å². The van der Waals surface area contributed by atoms with E-state index < -0.39 is 6.10 Å². The van der Waals surface area contributed by atoms with Crippen LogP contribution in [-0.2, 0) is 17.9 Å². The average molecular weight is 329 g/mol. The number of aromatic nitrogens is 2. The second-order valence-corrected chi connectivity index (χ2v) is 6.58. The van der Waals surface area contributed by atoms with Crippen molar-refractivity contribution in [1.29, 1.82) is 0 Å². The van der Waals surface area contributed by atoms with Gasteiger partial charge < -0.3 is 14.6 Å². The Hall–Kier alpha value is -2.18. The molecular weight excluding hydrogens is 310 g/mol. The quantitative estimate of drug-likeness (QED) is 0.783. The van der Waals surface area contributed by atoms with Crippen LogP contribution in [0.4, 0.5) is 0 Å². The number of aliphatic hydroxyl groups excluding tert-OH is 1. The number of thiophene rings is 1. The molecule has 0 radical (unpaired) electrons. The number of imidazole rings is 1. The molecule has 0 bridgehead atoms. The Morgan fingerprint density at radius 3 is 2.83 bits per heavy atom. The number of benzene rings is 1. The number of carbonyl (C=O) groups is 1. The highest BCUT2D eigenvalue weighted by molar-refractivity contribution is 7.09. The molecule has 0 saturated heterocycles. The number of para-hydroxylation sites is 2. The lowest BCUT2D eigenvalue weighted by molar-refractivity contribution is -0.131. The molecule has 1 amide bonds. The Labute approximate surface area is 138 Å². The van der Waals surface area contributed by atoms with Gasteiger partial charge in [-0.15, -0.1) is 11.3 Å². The molecule has 0 aliphatic heterocycles. The first-order valence-electron chi connectivity index (χ1n) is 7.46. The predicted molar refractivity (Wildman–Crippen MR) is 91.2 cm³/mol. The van der Waals surface area contributed by atoms with Crippen LogP contribution in [0.25, 0.3) is 11.0 Å². The van der Waals surface area contributed by atoms with Crippen molar-refractivity contribution in [1.82, 2.24) is 14.5 Å². The fourth-order valence-corrected chi connectivity index (χ4v) is 3.32. The molecular formula is C17H19N3O2S. The van der Waals surface area contributed by atoms with Gasteiger partial charge in [-0.3, -0.25) is 4.79 Å². The largest absolute Gasteiger partial charge is 0.385 e. The third kappa shape index (κ3) is 3.28. The van der Waals surface area contributed by atoms with E-state index >= 15 is 0 Å². The predicted octanol–water partition coefficient (Wildman–Crippen LogP) is 2.81. The zero-order valence-electron chi connectivity index (χ0n) is 13.1. The van der Waals surface area contributed by atoms with Crippen LogP contribution in [-0.4, -0.2) is 32.5 Å². The van der Waals surface area contributed by atoms with Crippen molar-refractivity contribution < 1.29 is 9.90 Å². The van der Waals surface area contributed by atoms with E-state index in [1.807, 2.05) is 41.8 Å². The fraction of sp³-hybridized carbons (Fsp3) is 0.294. The standard InChI is InChI=1S/C17H19N3O2S/c1-12(21)17-18-14-7-3-4-8-15(14)20(17)11-16(22)19(2)10-13-6-5-9-23-13/h3-9,12,21H,10-11H2,1-2H3/t12-/m1/s1. The van der Waals surface area contributed by atoms with E-state index in [2.05, 4.69) is 4.98 Å². The van der Waals surface area contributed by atoms with Gasteiger partial charge in [-0.25, -0.2) is 4.98 Å². The summed E-state index contributed by atoms with van der Waals surface area (Å²) in [7, 11) is 1.79. The van der Waals surface area contributed by atoms with Crippen LogP contribution >= 0.6 is 11.3 Å². The summed E-state index contributed by atoms with van der Waals surface area (Å²) in [4.78, 5) is 19.8. The van der Waals surface area contributed by atoms with Crippen LogP contribution in [0.5, 0.6) is 0 Å². The van der Waals surface area contributed by atoms with Crippen LogP contribution in [0.15, 0.2) is 41.8 Å². The van der Waals surface area contributed by atoms with Gasteiger partial charge in [0.25, 0.3) is 0 Å². The highest BCUT2D eigenvalue weighted by atomic mass is 32.1. The van der Waals surface area contributed by atoms with Gasteiger partial charge in [-0.05, 0) is 30.5 Å². The van der Waals surface area contributed by atoms with Gasteiger partial charge in [0.1, 0.15) is 18.5 Å². The smallest absolute Gasteiger partial charge is 0.242 e. The van der Waals surface area contributed by atoms with Gasteiger partial charge in [0.05, 0.1) is 17.6 Å². The molecule has 0 aliphatic rings. The molecule has 5 nitrogen and oxygen atoms in total. The molecule has 0 spiro atoms. The van der Waals surface area contributed by atoms with Gasteiger partial charge in [-0.1, -0.05) is 18.2 Å². The first-order chi connectivity index (χ1) is 11.1. The molecule has 120 valence electrons. The maximum Gasteiger partial charge on any atom is 0.242 e. The van der Waals surface area contributed by atoms with E-state index in [9.17, 15) is 9.90 Å². The maximum absolute atomic E-state index is 12.6. The molecule has 3 aromatic rings. The van der Waals surface area contributed by atoms with Crippen molar-refractivity contribution in [3.8, 4) is 0 Å². The third-order valence-corrected chi connectivity index (χ3v) is 4.61. The number of nitrogens with zero attached hydrogens (tertiary/aromatic N) is 3. The van der Waals surface area contributed by atoms with E-state index in [-0.39, 0.29) is 12.5 Å². The first kappa shape index (κ1) is 15.7. The Bertz CT molecular complexity index is 808. The number of amides is 1. The van der Waals surface area contributed by atoms with E-state index in [1.54, 1.807) is 34.8 Å². The average Bonchev–Trinajstić information content (AvgIpc) is 3.15. The lowest BCUT2D eigenvalue weighted by Gasteiger charge is -2.18. The third-order valence-electron chi connectivity index (χ3n) is 3.75. The molecule has 3 rings (SSSR count). The number of hydrogen-bond acceptors (Lipinski definition) is 4. The summed E-state index contributed by atoms with van der Waals surface area (Å²) in [6, 6.07) is 11.6. The summed E-state index contributed by atoms with van der Waals surface area (Å²) >= 11 is 1.63. The zero-order valence-corrected chi connectivity index (χ0v) is 14.0. The molecule has 0 saturated carbocycles.